The first kappa shape index (κ1) is 11.2. The second kappa shape index (κ2) is 4.28. The van der Waals surface area contributed by atoms with E-state index in [0.29, 0.717) is 11.5 Å². The summed E-state index contributed by atoms with van der Waals surface area (Å²) < 4.78 is 38.9. The van der Waals surface area contributed by atoms with E-state index in [4.69, 9.17) is 0 Å². The maximum Gasteiger partial charge on any atom is 1.00 e. The zero-order chi connectivity index (χ0) is 6.91. The fourth-order valence-electron chi connectivity index (χ4n) is 0.583. The number of hydrogen-bond donors (Lipinski definition) is 0. The first-order chi connectivity index (χ1) is 4.08. The SMILES string of the molecule is F[B-](F)(F)C=C1COC1.[K+]. The molecule has 0 N–H and O–H groups in total. The fourth-order valence-corrected chi connectivity index (χ4v) is 0.583. The van der Waals surface area contributed by atoms with E-state index >= 15 is 0 Å². The fraction of sp³-hybridized carbons (Fsp3) is 0.500. The standard InChI is InChI=1S/C4H5BF3O.K/c6-5(7,8)1-4-2-9-3-4;/h1H,2-3H2;/q-1;+1. The van der Waals surface area contributed by atoms with Crippen molar-refractivity contribution in [3.8, 4) is 0 Å². The van der Waals surface area contributed by atoms with Gasteiger partial charge in [0.1, 0.15) is 0 Å². The molecule has 1 nitrogen and oxygen atoms in total. The van der Waals surface area contributed by atoms with Crippen LogP contribution < -0.4 is 51.4 Å². The van der Waals surface area contributed by atoms with Crippen LogP contribution in [0.25, 0.3) is 0 Å². The van der Waals surface area contributed by atoms with Crippen LogP contribution in [0.3, 0.4) is 0 Å². The minimum Gasteiger partial charge on any atom is -0.445 e. The van der Waals surface area contributed by atoms with E-state index in [1.165, 1.54) is 0 Å². The molecule has 1 aliphatic rings. The van der Waals surface area contributed by atoms with Gasteiger partial charge in [0.05, 0.1) is 13.2 Å². The van der Waals surface area contributed by atoms with E-state index in [1.807, 2.05) is 0 Å². The van der Waals surface area contributed by atoms with Gasteiger partial charge in [-0.15, -0.1) is 5.98 Å². The van der Waals surface area contributed by atoms with E-state index < -0.39 is 6.98 Å². The summed E-state index contributed by atoms with van der Waals surface area (Å²) in [4.78, 5) is 0. The zero-order valence-electron chi connectivity index (χ0n) is 5.61. The van der Waals surface area contributed by atoms with Crippen molar-refractivity contribution in [3.05, 3.63) is 11.5 Å². The molecule has 1 aliphatic heterocycles. The molecular formula is C4H5BF3KO. The van der Waals surface area contributed by atoms with Gasteiger partial charge in [-0.05, 0) is 0 Å². The molecule has 1 saturated heterocycles. The topological polar surface area (TPSA) is 9.23 Å². The van der Waals surface area contributed by atoms with Crippen LogP contribution >= 0.6 is 0 Å². The molecule has 1 heterocycles. The molecule has 0 aromatic carbocycles. The van der Waals surface area contributed by atoms with E-state index in [2.05, 4.69) is 4.74 Å². The molecule has 10 heavy (non-hydrogen) atoms. The van der Waals surface area contributed by atoms with Crippen LogP contribution in [0, 0.1) is 0 Å². The van der Waals surface area contributed by atoms with Gasteiger partial charge in [-0.1, -0.05) is 5.57 Å². The summed E-state index contributed by atoms with van der Waals surface area (Å²) in [6.07, 6.45) is 0. The third kappa shape index (κ3) is 4.15. The van der Waals surface area contributed by atoms with Gasteiger partial charge in [-0.2, -0.15) is 0 Å². The van der Waals surface area contributed by atoms with Crippen LogP contribution in [0.5, 0.6) is 0 Å². The van der Waals surface area contributed by atoms with Gasteiger partial charge in [0.25, 0.3) is 0 Å². The summed E-state index contributed by atoms with van der Waals surface area (Å²) in [6, 6.07) is 0. The maximum atomic E-state index is 11.5. The zero-order valence-corrected chi connectivity index (χ0v) is 8.73. The van der Waals surface area contributed by atoms with Crippen LogP contribution in [0.2, 0.25) is 0 Å². The van der Waals surface area contributed by atoms with Gasteiger partial charge >= 0.3 is 58.4 Å². The second-order valence-corrected chi connectivity index (χ2v) is 1.94. The molecule has 6 heteroatoms. The average Bonchev–Trinajstić information content (AvgIpc) is 1.53. The Bertz CT molecular complexity index is 138. The minimum atomic E-state index is -4.74. The Morgan fingerprint density at radius 2 is 1.80 bits per heavy atom. The van der Waals surface area contributed by atoms with Crippen molar-refractivity contribution in [2.45, 2.75) is 0 Å². The van der Waals surface area contributed by atoms with Crippen molar-refractivity contribution in [2.24, 2.45) is 0 Å². The van der Waals surface area contributed by atoms with Crippen LogP contribution in [0.1, 0.15) is 0 Å². The van der Waals surface area contributed by atoms with Crippen LogP contribution in [0.4, 0.5) is 12.9 Å². The molecule has 0 amide bonds. The van der Waals surface area contributed by atoms with Gasteiger partial charge in [0, 0.05) is 0 Å². The van der Waals surface area contributed by atoms with Gasteiger partial charge in [-0.25, -0.2) is 0 Å². The van der Waals surface area contributed by atoms with Gasteiger partial charge in [0.15, 0.2) is 0 Å². The molecule has 0 aromatic rings. The summed E-state index contributed by atoms with van der Waals surface area (Å²) >= 11 is 0. The summed E-state index contributed by atoms with van der Waals surface area (Å²) in [5.74, 6) is 0.351. The van der Waals surface area contributed by atoms with Crippen molar-refractivity contribution in [1.29, 1.82) is 0 Å². The molecule has 0 aliphatic carbocycles. The van der Waals surface area contributed by atoms with Crippen molar-refractivity contribution in [1.82, 2.24) is 0 Å². The second-order valence-electron chi connectivity index (χ2n) is 1.94. The third-order valence-corrected chi connectivity index (χ3v) is 1.000. The monoisotopic (exact) mass is 176 g/mol. The molecule has 52 valence electrons. The van der Waals surface area contributed by atoms with Crippen molar-refractivity contribution in [2.75, 3.05) is 13.2 Å². The van der Waals surface area contributed by atoms with E-state index in [9.17, 15) is 12.9 Å². The molecule has 0 aromatic heterocycles. The summed E-state index contributed by atoms with van der Waals surface area (Å²) in [7, 11) is 0. The van der Waals surface area contributed by atoms with E-state index in [-0.39, 0.29) is 64.6 Å². The van der Waals surface area contributed by atoms with Crippen LogP contribution in [-0.4, -0.2) is 20.2 Å². The Hall–Kier alpha value is 1.19. The Morgan fingerprint density at radius 1 is 1.30 bits per heavy atom. The number of ether oxygens (including phenoxy) is 1. The predicted molar refractivity (Wildman–Crippen MR) is 28.0 cm³/mol. The summed E-state index contributed by atoms with van der Waals surface area (Å²) in [5, 5.41) is 0. The van der Waals surface area contributed by atoms with E-state index in [0.717, 1.165) is 0 Å². The molecule has 0 unspecified atom stereocenters. The van der Waals surface area contributed by atoms with Crippen molar-refractivity contribution < 1.29 is 69.1 Å². The molecule has 1 rings (SSSR count). The molecule has 1 fully saturated rings. The molecular weight excluding hydrogens is 171 g/mol. The third-order valence-electron chi connectivity index (χ3n) is 1.000. The Kier molecular flexibility index (Phi) is 4.78. The van der Waals surface area contributed by atoms with Gasteiger partial charge < -0.3 is 17.7 Å². The summed E-state index contributed by atoms with van der Waals surface area (Å²) in [6.45, 7) is -4.43. The molecule has 0 bridgehead atoms. The molecule has 0 saturated carbocycles. The minimum absolute atomic E-state index is 0. The first-order valence-corrected chi connectivity index (χ1v) is 2.56. The Balaban J connectivity index is 0.000000810. The molecule has 0 radical (unpaired) electrons. The Labute approximate surface area is 99.5 Å². The number of rotatable bonds is 1. The predicted octanol–water partition coefficient (Wildman–Crippen LogP) is -1.67. The van der Waals surface area contributed by atoms with Gasteiger partial charge in [0.2, 0.25) is 0 Å². The largest absolute Gasteiger partial charge is 1.00 e. The van der Waals surface area contributed by atoms with Crippen LogP contribution in [0.15, 0.2) is 11.5 Å². The van der Waals surface area contributed by atoms with E-state index in [1.54, 1.807) is 0 Å². The smallest absolute Gasteiger partial charge is 0.445 e. The number of hydrogen-bond acceptors (Lipinski definition) is 1. The summed E-state index contributed by atoms with van der Waals surface area (Å²) in [5.41, 5.74) is 0.350. The quantitative estimate of drug-likeness (QED) is 0.434. The number of halogens is 3. The normalized spacial score (nSPS) is 17.3. The first-order valence-electron chi connectivity index (χ1n) is 2.56. The van der Waals surface area contributed by atoms with Crippen molar-refractivity contribution >= 4 is 6.98 Å². The average molecular weight is 176 g/mol. The molecule has 0 atom stereocenters. The van der Waals surface area contributed by atoms with Gasteiger partial charge in [-0.3, -0.25) is 0 Å². The van der Waals surface area contributed by atoms with Crippen molar-refractivity contribution in [3.63, 3.8) is 0 Å². The Morgan fingerprint density at radius 3 is 1.90 bits per heavy atom. The van der Waals surface area contributed by atoms with Crippen LogP contribution in [-0.2, 0) is 4.74 Å². The maximum absolute atomic E-state index is 11.5. The molecule has 0 spiro atoms.